The normalized spacial score (nSPS) is 10.1. The van der Waals surface area contributed by atoms with Crippen molar-refractivity contribution < 1.29 is 0 Å². The number of anilines is 1. The summed E-state index contributed by atoms with van der Waals surface area (Å²) in [6, 6.07) is 4.06. The van der Waals surface area contributed by atoms with Gasteiger partial charge in [0.15, 0.2) is 0 Å². The van der Waals surface area contributed by atoms with Crippen LogP contribution in [0.3, 0.4) is 0 Å². The minimum atomic E-state index is 0.872. The lowest BCUT2D eigenvalue weighted by Gasteiger charge is -2.06. The molecule has 60 valence electrons. The van der Waals surface area contributed by atoms with Crippen LogP contribution in [-0.2, 0) is 6.42 Å². The van der Waals surface area contributed by atoms with E-state index in [1.165, 1.54) is 11.1 Å². The van der Waals surface area contributed by atoms with Crippen LogP contribution in [0.25, 0.3) is 0 Å². The molecule has 0 amide bonds. The fraction of sp³-hybridized carbons (Fsp3) is 0.333. The van der Waals surface area contributed by atoms with Crippen molar-refractivity contribution in [2.45, 2.75) is 20.3 Å². The zero-order chi connectivity index (χ0) is 8.43. The molecule has 0 saturated carbocycles. The Morgan fingerprint density at radius 3 is 2.64 bits per heavy atom. The summed E-state index contributed by atoms with van der Waals surface area (Å²) in [6.45, 7) is 4.19. The van der Waals surface area contributed by atoms with Gasteiger partial charge in [-0.05, 0) is 36.6 Å². The molecule has 0 bridgehead atoms. The highest BCUT2D eigenvalue weighted by atomic mass is 79.9. The molecule has 2 N–H and O–H groups in total. The average molecular weight is 214 g/mol. The van der Waals surface area contributed by atoms with E-state index in [0.29, 0.717) is 0 Å². The average Bonchev–Trinajstić information content (AvgIpc) is 1.96. The first kappa shape index (κ1) is 8.60. The topological polar surface area (TPSA) is 26.0 Å². The van der Waals surface area contributed by atoms with Crippen LogP contribution < -0.4 is 5.73 Å². The SMILES string of the molecule is CCc1cc(Br)cc(N)c1C. The second-order valence-electron chi connectivity index (χ2n) is 2.63. The van der Waals surface area contributed by atoms with Gasteiger partial charge in [-0.25, -0.2) is 0 Å². The van der Waals surface area contributed by atoms with Crippen LogP contribution in [-0.4, -0.2) is 0 Å². The van der Waals surface area contributed by atoms with E-state index in [2.05, 4.69) is 35.8 Å². The number of nitrogens with two attached hydrogens (primary N) is 1. The third-order valence-electron chi connectivity index (χ3n) is 1.90. The van der Waals surface area contributed by atoms with Gasteiger partial charge < -0.3 is 5.73 Å². The van der Waals surface area contributed by atoms with E-state index in [1.807, 2.05) is 6.07 Å². The Kier molecular flexibility index (Phi) is 2.55. The summed E-state index contributed by atoms with van der Waals surface area (Å²) in [5.74, 6) is 0. The van der Waals surface area contributed by atoms with Crippen LogP contribution in [0, 0.1) is 6.92 Å². The molecule has 0 heterocycles. The first-order valence-corrected chi connectivity index (χ1v) is 4.49. The zero-order valence-corrected chi connectivity index (χ0v) is 8.40. The molecule has 0 aromatic heterocycles. The maximum absolute atomic E-state index is 5.77. The summed E-state index contributed by atoms with van der Waals surface area (Å²) in [7, 11) is 0. The van der Waals surface area contributed by atoms with Crippen LogP contribution in [0.4, 0.5) is 5.69 Å². The molecule has 1 rings (SSSR count). The molecule has 0 saturated heterocycles. The molecular formula is C9H12BrN. The van der Waals surface area contributed by atoms with Gasteiger partial charge in [0.25, 0.3) is 0 Å². The maximum atomic E-state index is 5.77. The second kappa shape index (κ2) is 3.26. The van der Waals surface area contributed by atoms with Crippen molar-refractivity contribution in [3.05, 3.63) is 27.7 Å². The fourth-order valence-electron chi connectivity index (χ4n) is 1.13. The van der Waals surface area contributed by atoms with E-state index in [9.17, 15) is 0 Å². The van der Waals surface area contributed by atoms with Crippen molar-refractivity contribution >= 4 is 21.6 Å². The van der Waals surface area contributed by atoms with Crippen molar-refractivity contribution in [2.75, 3.05) is 5.73 Å². The fourth-order valence-corrected chi connectivity index (χ4v) is 1.65. The molecule has 0 spiro atoms. The number of hydrogen-bond acceptors (Lipinski definition) is 1. The predicted octanol–water partition coefficient (Wildman–Crippen LogP) is 2.90. The van der Waals surface area contributed by atoms with E-state index >= 15 is 0 Å². The summed E-state index contributed by atoms with van der Waals surface area (Å²) in [6.07, 6.45) is 1.04. The van der Waals surface area contributed by atoms with Gasteiger partial charge in [0.2, 0.25) is 0 Å². The van der Waals surface area contributed by atoms with Gasteiger partial charge in [0.1, 0.15) is 0 Å². The van der Waals surface area contributed by atoms with Crippen LogP contribution in [0.2, 0.25) is 0 Å². The van der Waals surface area contributed by atoms with Crippen molar-refractivity contribution in [1.29, 1.82) is 0 Å². The highest BCUT2D eigenvalue weighted by Crippen LogP contribution is 2.22. The molecule has 0 unspecified atom stereocenters. The number of hydrogen-bond donors (Lipinski definition) is 1. The maximum Gasteiger partial charge on any atom is 0.0357 e. The monoisotopic (exact) mass is 213 g/mol. The van der Waals surface area contributed by atoms with Gasteiger partial charge in [-0.15, -0.1) is 0 Å². The van der Waals surface area contributed by atoms with Crippen molar-refractivity contribution in [2.24, 2.45) is 0 Å². The molecule has 1 nitrogen and oxygen atoms in total. The van der Waals surface area contributed by atoms with Crippen LogP contribution in [0.15, 0.2) is 16.6 Å². The molecule has 2 heteroatoms. The van der Waals surface area contributed by atoms with Crippen LogP contribution >= 0.6 is 15.9 Å². The molecule has 0 fully saturated rings. The second-order valence-corrected chi connectivity index (χ2v) is 3.55. The summed E-state index contributed by atoms with van der Waals surface area (Å²) in [5, 5.41) is 0. The zero-order valence-electron chi connectivity index (χ0n) is 6.82. The van der Waals surface area contributed by atoms with E-state index in [4.69, 9.17) is 5.73 Å². The van der Waals surface area contributed by atoms with Gasteiger partial charge >= 0.3 is 0 Å². The molecule has 0 radical (unpaired) electrons. The predicted molar refractivity (Wildman–Crippen MR) is 52.7 cm³/mol. The van der Waals surface area contributed by atoms with Gasteiger partial charge in [-0.3, -0.25) is 0 Å². The lowest BCUT2D eigenvalue weighted by molar-refractivity contribution is 1.11. The Balaban J connectivity index is 3.24. The molecule has 0 aliphatic carbocycles. The minimum absolute atomic E-state index is 0.872. The molecule has 1 aromatic rings. The van der Waals surface area contributed by atoms with E-state index in [0.717, 1.165) is 16.6 Å². The minimum Gasteiger partial charge on any atom is -0.398 e. The molecule has 11 heavy (non-hydrogen) atoms. The number of nitrogen functional groups attached to an aromatic ring is 1. The summed E-state index contributed by atoms with van der Waals surface area (Å²) >= 11 is 3.41. The molecular weight excluding hydrogens is 202 g/mol. The Morgan fingerprint density at radius 2 is 2.09 bits per heavy atom. The molecule has 0 aliphatic heterocycles. The lowest BCUT2D eigenvalue weighted by Crippen LogP contribution is -1.94. The number of aryl methyl sites for hydroxylation is 1. The molecule has 0 atom stereocenters. The van der Waals surface area contributed by atoms with Gasteiger partial charge in [-0.1, -0.05) is 22.9 Å². The van der Waals surface area contributed by atoms with E-state index in [-0.39, 0.29) is 0 Å². The quantitative estimate of drug-likeness (QED) is 0.714. The molecule has 1 aromatic carbocycles. The largest absolute Gasteiger partial charge is 0.398 e. The van der Waals surface area contributed by atoms with Crippen molar-refractivity contribution in [3.8, 4) is 0 Å². The Morgan fingerprint density at radius 1 is 1.45 bits per heavy atom. The Bertz CT molecular complexity index is 269. The number of rotatable bonds is 1. The smallest absolute Gasteiger partial charge is 0.0357 e. The standard InChI is InChI=1S/C9H12BrN/c1-3-7-4-8(10)5-9(11)6(7)2/h4-5H,3,11H2,1-2H3. The number of benzene rings is 1. The van der Waals surface area contributed by atoms with Gasteiger partial charge in [0, 0.05) is 10.2 Å². The Labute approximate surface area is 75.7 Å². The Hall–Kier alpha value is -0.500. The highest BCUT2D eigenvalue weighted by Gasteiger charge is 2.00. The summed E-state index contributed by atoms with van der Waals surface area (Å²) < 4.78 is 1.07. The summed E-state index contributed by atoms with van der Waals surface area (Å²) in [5.41, 5.74) is 9.16. The van der Waals surface area contributed by atoms with Gasteiger partial charge in [0.05, 0.1) is 0 Å². The third kappa shape index (κ3) is 1.74. The number of halogens is 1. The highest BCUT2D eigenvalue weighted by molar-refractivity contribution is 9.10. The first-order chi connectivity index (χ1) is 5.15. The van der Waals surface area contributed by atoms with Crippen LogP contribution in [0.1, 0.15) is 18.1 Å². The van der Waals surface area contributed by atoms with Crippen molar-refractivity contribution in [3.63, 3.8) is 0 Å². The lowest BCUT2D eigenvalue weighted by atomic mass is 10.1. The molecule has 0 aliphatic rings. The van der Waals surface area contributed by atoms with Gasteiger partial charge in [-0.2, -0.15) is 0 Å². The van der Waals surface area contributed by atoms with Crippen LogP contribution in [0.5, 0.6) is 0 Å². The summed E-state index contributed by atoms with van der Waals surface area (Å²) in [4.78, 5) is 0. The van der Waals surface area contributed by atoms with Crippen molar-refractivity contribution in [1.82, 2.24) is 0 Å². The van der Waals surface area contributed by atoms with E-state index < -0.39 is 0 Å². The van der Waals surface area contributed by atoms with E-state index in [1.54, 1.807) is 0 Å². The third-order valence-corrected chi connectivity index (χ3v) is 2.36. The first-order valence-electron chi connectivity index (χ1n) is 3.69.